The minimum atomic E-state index is -0.136. The van der Waals surface area contributed by atoms with Gasteiger partial charge in [-0.25, -0.2) is 4.98 Å². The third-order valence-electron chi connectivity index (χ3n) is 2.99. The Morgan fingerprint density at radius 2 is 2.24 bits per heavy atom. The highest BCUT2D eigenvalue weighted by molar-refractivity contribution is 6.31. The molecule has 0 aliphatic rings. The van der Waals surface area contributed by atoms with E-state index in [1.165, 1.54) is 0 Å². The van der Waals surface area contributed by atoms with Crippen LogP contribution in [0.5, 0.6) is 0 Å². The Bertz CT molecular complexity index is 583. The number of hydrogen-bond donors (Lipinski definition) is 3. The minimum absolute atomic E-state index is 0.136. The van der Waals surface area contributed by atoms with Crippen LogP contribution in [0.15, 0.2) is 30.6 Å². The second-order valence-electron chi connectivity index (χ2n) is 4.66. The van der Waals surface area contributed by atoms with Gasteiger partial charge in [-0.05, 0) is 24.6 Å². The van der Waals surface area contributed by atoms with Gasteiger partial charge >= 0.3 is 0 Å². The molecule has 0 aliphatic heterocycles. The number of benzene rings is 1. The lowest BCUT2D eigenvalue weighted by Gasteiger charge is -2.12. The van der Waals surface area contributed by atoms with Gasteiger partial charge in [0.15, 0.2) is 0 Å². The molecule has 0 fully saturated rings. The first-order valence-corrected chi connectivity index (χ1v) is 7.38. The molecule has 0 spiro atoms. The normalized spacial score (nSPS) is 10.4. The van der Waals surface area contributed by atoms with Crippen molar-refractivity contribution in [2.45, 2.75) is 19.8 Å². The van der Waals surface area contributed by atoms with Crippen LogP contribution in [-0.4, -0.2) is 29.0 Å². The summed E-state index contributed by atoms with van der Waals surface area (Å²) in [6.07, 6.45) is 5.11. The first-order valence-electron chi connectivity index (χ1n) is 7.00. The number of aromatic amines is 1. The highest BCUT2D eigenvalue weighted by Gasteiger charge is 2.11. The average molecular weight is 307 g/mol. The molecule has 0 bridgehead atoms. The third kappa shape index (κ3) is 4.49. The summed E-state index contributed by atoms with van der Waals surface area (Å²) in [5.41, 5.74) is 1.37. The lowest BCUT2D eigenvalue weighted by Crippen LogP contribution is -2.27. The van der Waals surface area contributed by atoms with Crippen molar-refractivity contribution in [3.8, 4) is 0 Å². The van der Waals surface area contributed by atoms with E-state index in [1.807, 2.05) is 6.07 Å². The summed E-state index contributed by atoms with van der Waals surface area (Å²) in [5, 5.41) is 6.67. The van der Waals surface area contributed by atoms with Crippen LogP contribution in [0.2, 0.25) is 5.02 Å². The van der Waals surface area contributed by atoms with Gasteiger partial charge in [-0.2, -0.15) is 0 Å². The van der Waals surface area contributed by atoms with Crippen molar-refractivity contribution in [1.29, 1.82) is 0 Å². The maximum atomic E-state index is 12.3. The van der Waals surface area contributed by atoms with Gasteiger partial charge in [-0.3, -0.25) is 4.79 Å². The van der Waals surface area contributed by atoms with E-state index in [2.05, 4.69) is 27.5 Å². The molecule has 2 aromatic rings. The SMILES string of the molecule is CCCNc1ccc(Cl)cc1C(=O)NCCc1ncc[nH]1. The van der Waals surface area contributed by atoms with Crippen LogP contribution in [-0.2, 0) is 6.42 Å². The Labute approximate surface area is 129 Å². The second-order valence-corrected chi connectivity index (χ2v) is 5.09. The number of nitrogens with one attached hydrogen (secondary N) is 3. The van der Waals surface area contributed by atoms with Crippen LogP contribution < -0.4 is 10.6 Å². The maximum Gasteiger partial charge on any atom is 0.253 e. The number of H-pyrrole nitrogens is 1. The smallest absolute Gasteiger partial charge is 0.253 e. The lowest BCUT2D eigenvalue weighted by molar-refractivity contribution is 0.0955. The van der Waals surface area contributed by atoms with E-state index in [-0.39, 0.29) is 5.91 Å². The summed E-state index contributed by atoms with van der Waals surface area (Å²) in [4.78, 5) is 19.4. The molecule has 3 N–H and O–H groups in total. The van der Waals surface area contributed by atoms with Crippen LogP contribution in [0.4, 0.5) is 5.69 Å². The first kappa shape index (κ1) is 15.4. The van der Waals surface area contributed by atoms with E-state index in [1.54, 1.807) is 24.5 Å². The predicted molar refractivity (Wildman–Crippen MR) is 84.9 cm³/mol. The Kier molecular flexibility index (Phi) is 5.63. The Morgan fingerprint density at radius 1 is 1.38 bits per heavy atom. The molecule has 0 saturated carbocycles. The maximum absolute atomic E-state index is 12.3. The molecule has 21 heavy (non-hydrogen) atoms. The second kappa shape index (κ2) is 7.69. The van der Waals surface area contributed by atoms with Crippen molar-refractivity contribution in [2.75, 3.05) is 18.4 Å². The molecule has 5 nitrogen and oxygen atoms in total. The van der Waals surface area contributed by atoms with Gasteiger partial charge < -0.3 is 15.6 Å². The largest absolute Gasteiger partial charge is 0.384 e. The van der Waals surface area contributed by atoms with E-state index in [0.717, 1.165) is 24.5 Å². The zero-order chi connectivity index (χ0) is 15.1. The van der Waals surface area contributed by atoms with Gasteiger partial charge in [0.1, 0.15) is 5.82 Å². The molecule has 0 aliphatic carbocycles. The van der Waals surface area contributed by atoms with Gasteiger partial charge in [-0.15, -0.1) is 0 Å². The number of aromatic nitrogens is 2. The molecule has 0 saturated heterocycles. The van der Waals surface area contributed by atoms with Crippen molar-refractivity contribution in [3.05, 3.63) is 47.0 Å². The molecule has 2 rings (SSSR count). The zero-order valence-corrected chi connectivity index (χ0v) is 12.7. The fourth-order valence-electron chi connectivity index (χ4n) is 1.94. The van der Waals surface area contributed by atoms with E-state index >= 15 is 0 Å². The minimum Gasteiger partial charge on any atom is -0.384 e. The Morgan fingerprint density at radius 3 is 2.95 bits per heavy atom. The molecular weight excluding hydrogens is 288 g/mol. The fraction of sp³-hybridized carbons (Fsp3) is 0.333. The molecule has 0 atom stereocenters. The number of rotatable bonds is 7. The van der Waals surface area contributed by atoms with Crippen molar-refractivity contribution in [2.24, 2.45) is 0 Å². The van der Waals surface area contributed by atoms with E-state index < -0.39 is 0 Å². The topological polar surface area (TPSA) is 69.8 Å². The number of halogens is 1. The molecular formula is C15H19ClN4O. The summed E-state index contributed by atoms with van der Waals surface area (Å²) in [6, 6.07) is 5.29. The van der Waals surface area contributed by atoms with Crippen molar-refractivity contribution >= 4 is 23.2 Å². The summed E-state index contributed by atoms with van der Waals surface area (Å²) in [6.45, 7) is 3.41. The van der Waals surface area contributed by atoms with Gasteiger partial charge in [0.25, 0.3) is 5.91 Å². The molecule has 1 aromatic carbocycles. The monoisotopic (exact) mass is 306 g/mol. The number of carbonyl (C=O) groups excluding carboxylic acids is 1. The van der Waals surface area contributed by atoms with E-state index in [0.29, 0.717) is 23.6 Å². The number of imidazole rings is 1. The van der Waals surface area contributed by atoms with Crippen LogP contribution in [0.1, 0.15) is 29.5 Å². The summed E-state index contributed by atoms with van der Waals surface area (Å²) < 4.78 is 0. The van der Waals surface area contributed by atoms with E-state index in [9.17, 15) is 4.79 Å². The van der Waals surface area contributed by atoms with Crippen LogP contribution in [0, 0.1) is 0 Å². The van der Waals surface area contributed by atoms with Crippen LogP contribution >= 0.6 is 11.6 Å². The highest BCUT2D eigenvalue weighted by atomic mass is 35.5. The van der Waals surface area contributed by atoms with Crippen LogP contribution in [0.25, 0.3) is 0 Å². The Hall–Kier alpha value is -2.01. The van der Waals surface area contributed by atoms with Gasteiger partial charge in [0, 0.05) is 42.6 Å². The summed E-state index contributed by atoms with van der Waals surface area (Å²) in [7, 11) is 0. The predicted octanol–water partition coefficient (Wildman–Crippen LogP) is 2.86. The summed E-state index contributed by atoms with van der Waals surface area (Å²) in [5.74, 6) is 0.716. The highest BCUT2D eigenvalue weighted by Crippen LogP contribution is 2.20. The molecule has 1 aromatic heterocycles. The van der Waals surface area contributed by atoms with Crippen molar-refractivity contribution in [3.63, 3.8) is 0 Å². The quantitative estimate of drug-likeness (QED) is 0.736. The molecule has 0 radical (unpaired) electrons. The standard InChI is InChI=1S/C15H19ClN4O/c1-2-6-17-13-4-3-11(16)10-12(13)15(21)20-7-5-14-18-8-9-19-14/h3-4,8-10,17H,2,5-7H2,1H3,(H,18,19)(H,20,21). The first-order chi connectivity index (χ1) is 10.2. The van der Waals surface area contributed by atoms with Crippen molar-refractivity contribution < 1.29 is 4.79 Å². The average Bonchev–Trinajstić information content (AvgIpc) is 2.99. The fourth-order valence-corrected chi connectivity index (χ4v) is 2.11. The number of hydrogen-bond acceptors (Lipinski definition) is 3. The molecule has 1 amide bonds. The number of carbonyl (C=O) groups is 1. The molecule has 6 heteroatoms. The lowest BCUT2D eigenvalue weighted by atomic mass is 10.1. The molecule has 0 unspecified atom stereocenters. The van der Waals surface area contributed by atoms with Crippen LogP contribution in [0.3, 0.4) is 0 Å². The van der Waals surface area contributed by atoms with Crippen molar-refractivity contribution in [1.82, 2.24) is 15.3 Å². The summed E-state index contributed by atoms with van der Waals surface area (Å²) >= 11 is 5.99. The third-order valence-corrected chi connectivity index (χ3v) is 3.23. The Balaban J connectivity index is 1.98. The zero-order valence-electron chi connectivity index (χ0n) is 11.9. The number of amides is 1. The van der Waals surface area contributed by atoms with Gasteiger partial charge in [0.2, 0.25) is 0 Å². The number of anilines is 1. The number of nitrogens with zero attached hydrogens (tertiary/aromatic N) is 1. The van der Waals surface area contributed by atoms with Gasteiger partial charge in [-0.1, -0.05) is 18.5 Å². The van der Waals surface area contributed by atoms with Gasteiger partial charge in [0.05, 0.1) is 5.56 Å². The molecule has 1 heterocycles. The molecule has 112 valence electrons. The van der Waals surface area contributed by atoms with E-state index in [4.69, 9.17) is 11.6 Å².